The van der Waals surface area contributed by atoms with Crippen molar-refractivity contribution < 1.29 is 0 Å². The van der Waals surface area contributed by atoms with Gasteiger partial charge in [-0.2, -0.15) is 0 Å². The van der Waals surface area contributed by atoms with Gasteiger partial charge in [0.1, 0.15) is 5.82 Å². The fraction of sp³-hybridized carbons (Fsp3) is 0.667. The van der Waals surface area contributed by atoms with E-state index in [1.54, 1.807) is 0 Å². The molecule has 3 heteroatoms. The van der Waals surface area contributed by atoms with Crippen LogP contribution in [-0.2, 0) is 6.54 Å². The predicted octanol–water partition coefficient (Wildman–Crippen LogP) is 3.35. The van der Waals surface area contributed by atoms with E-state index in [4.69, 9.17) is 0 Å². The summed E-state index contributed by atoms with van der Waals surface area (Å²) >= 11 is 0. The third-order valence-electron chi connectivity index (χ3n) is 2.70. The topological polar surface area (TPSA) is 37.0 Å². The number of aromatic nitrogens is 1. The van der Waals surface area contributed by atoms with Crippen molar-refractivity contribution in [2.24, 2.45) is 5.92 Å². The second-order valence-corrected chi connectivity index (χ2v) is 6.32. The van der Waals surface area contributed by atoms with Crippen LogP contribution in [0.25, 0.3) is 0 Å². The van der Waals surface area contributed by atoms with Gasteiger partial charge in [-0.05, 0) is 45.2 Å². The van der Waals surface area contributed by atoms with Crippen LogP contribution in [0.4, 0.5) is 5.82 Å². The molecule has 0 saturated heterocycles. The highest BCUT2D eigenvalue weighted by molar-refractivity contribution is 5.38. The Bertz CT molecular complexity index is 378. The number of rotatable bonds is 5. The third kappa shape index (κ3) is 5.50. The number of pyridine rings is 1. The molecule has 0 aliphatic rings. The van der Waals surface area contributed by atoms with Crippen molar-refractivity contribution in [1.82, 2.24) is 10.3 Å². The molecule has 0 aromatic carbocycles. The van der Waals surface area contributed by atoms with Gasteiger partial charge >= 0.3 is 0 Å². The van der Waals surface area contributed by atoms with E-state index < -0.39 is 0 Å². The van der Waals surface area contributed by atoms with E-state index >= 15 is 0 Å². The summed E-state index contributed by atoms with van der Waals surface area (Å²) in [6.45, 7) is 14.8. The average molecular weight is 249 g/mol. The number of hydrogen-bond acceptors (Lipinski definition) is 3. The van der Waals surface area contributed by atoms with Crippen LogP contribution in [0.3, 0.4) is 0 Å². The van der Waals surface area contributed by atoms with Gasteiger partial charge in [0.15, 0.2) is 0 Å². The molecule has 0 radical (unpaired) electrons. The summed E-state index contributed by atoms with van der Waals surface area (Å²) in [4.78, 5) is 4.59. The molecule has 18 heavy (non-hydrogen) atoms. The molecule has 0 fully saturated rings. The zero-order valence-corrected chi connectivity index (χ0v) is 12.6. The molecule has 102 valence electrons. The molecule has 0 aliphatic carbocycles. The lowest BCUT2D eigenvalue weighted by Crippen LogP contribution is -2.35. The molecule has 1 aromatic rings. The molecular weight excluding hydrogens is 222 g/mol. The minimum Gasteiger partial charge on any atom is -0.370 e. The number of aryl methyl sites for hydroxylation is 1. The first-order valence-electron chi connectivity index (χ1n) is 6.73. The molecule has 1 aromatic heterocycles. The normalized spacial score (nSPS) is 11.9. The molecular formula is C15H27N3. The Kier molecular flexibility index (Phi) is 5.15. The first-order chi connectivity index (χ1) is 8.28. The van der Waals surface area contributed by atoms with Crippen molar-refractivity contribution in [3.8, 4) is 0 Å². The van der Waals surface area contributed by atoms with E-state index in [2.05, 4.69) is 69.3 Å². The monoisotopic (exact) mass is 249 g/mol. The maximum atomic E-state index is 4.59. The number of hydrogen-bond donors (Lipinski definition) is 2. The Labute approximate surface area is 111 Å². The van der Waals surface area contributed by atoms with Crippen LogP contribution >= 0.6 is 0 Å². The Hall–Kier alpha value is -1.09. The van der Waals surface area contributed by atoms with Crippen molar-refractivity contribution in [3.05, 3.63) is 23.4 Å². The first kappa shape index (κ1) is 15.0. The highest BCUT2D eigenvalue weighted by Gasteiger charge is 2.10. The van der Waals surface area contributed by atoms with E-state index in [1.165, 1.54) is 5.56 Å². The Morgan fingerprint density at radius 3 is 2.39 bits per heavy atom. The van der Waals surface area contributed by atoms with Crippen LogP contribution in [-0.4, -0.2) is 17.1 Å². The summed E-state index contributed by atoms with van der Waals surface area (Å²) in [5, 5.41) is 6.84. The molecule has 0 unspecified atom stereocenters. The zero-order valence-electron chi connectivity index (χ0n) is 12.6. The van der Waals surface area contributed by atoms with Crippen LogP contribution in [0.5, 0.6) is 0 Å². The van der Waals surface area contributed by atoms with Gasteiger partial charge in [-0.1, -0.05) is 19.9 Å². The van der Waals surface area contributed by atoms with Gasteiger partial charge in [0.2, 0.25) is 0 Å². The number of nitrogens with one attached hydrogen (secondary N) is 2. The molecule has 0 atom stereocenters. The van der Waals surface area contributed by atoms with E-state index in [1.807, 2.05) is 0 Å². The lowest BCUT2D eigenvalue weighted by molar-refractivity contribution is 0.423. The lowest BCUT2D eigenvalue weighted by atomic mass is 10.1. The van der Waals surface area contributed by atoms with E-state index in [9.17, 15) is 0 Å². The largest absolute Gasteiger partial charge is 0.370 e. The first-order valence-corrected chi connectivity index (χ1v) is 6.73. The maximum Gasteiger partial charge on any atom is 0.126 e. The summed E-state index contributed by atoms with van der Waals surface area (Å²) in [5.74, 6) is 1.61. The van der Waals surface area contributed by atoms with E-state index in [0.29, 0.717) is 5.92 Å². The summed E-state index contributed by atoms with van der Waals surface area (Å²) in [6, 6.07) is 4.22. The molecule has 1 heterocycles. The SMILES string of the molecule is Cc1nc(NCC(C)C)ccc1CNC(C)(C)C. The van der Waals surface area contributed by atoms with Crippen molar-refractivity contribution in [1.29, 1.82) is 0 Å². The second-order valence-electron chi connectivity index (χ2n) is 6.32. The Balaban J connectivity index is 2.62. The Morgan fingerprint density at radius 1 is 1.22 bits per heavy atom. The minimum atomic E-state index is 0.140. The molecule has 1 rings (SSSR count). The average Bonchev–Trinajstić information content (AvgIpc) is 2.23. The van der Waals surface area contributed by atoms with Gasteiger partial charge in [0, 0.05) is 24.3 Å². The van der Waals surface area contributed by atoms with Crippen molar-refractivity contribution in [2.75, 3.05) is 11.9 Å². The Morgan fingerprint density at radius 2 is 1.89 bits per heavy atom. The molecule has 0 bridgehead atoms. The lowest BCUT2D eigenvalue weighted by Gasteiger charge is -2.21. The predicted molar refractivity (Wildman–Crippen MR) is 78.9 cm³/mol. The van der Waals surface area contributed by atoms with Gasteiger partial charge in [0.25, 0.3) is 0 Å². The van der Waals surface area contributed by atoms with Gasteiger partial charge in [-0.15, -0.1) is 0 Å². The summed E-state index contributed by atoms with van der Waals surface area (Å²) in [7, 11) is 0. The zero-order chi connectivity index (χ0) is 13.8. The van der Waals surface area contributed by atoms with Crippen LogP contribution in [0, 0.1) is 12.8 Å². The maximum absolute atomic E-state index is 4.59. The number of anilines is 1. The molecule has 0 aliphatic heterocycles. The minimum absolute atomic E-state index is 0.140. The van der Waals surface area contributed by atoms with E-state index in [0.717, 1.165) is 24.6 Å². The number of nitrogens with zero attached hydrogens (tertiary/aromatic N) is 1. The van der Waals surface area contributed by atoms with Crippen molar-refractivity contribution in [2.45, 2.75) is 53.6 Å². The van der Waals surface area contributed by atoms with Crippen LogP contribution in [0.15, 0.2) is 12.1 Å². The van der Waals surface area contributed by atoms with Crippen LogP contribution in [0.2, 0.25) is 0 Å². The van der Waals surface area contributed by atoms with Crippen molar-refractivity contribution in [3.63, 3.8) is 0 Å². The summed E-state index contributed by atoms with van der Waals surface area (Å²) in [6.07, 6.45) is 0. The third-order valence-corrected chi connectivity index (χ3v) is 2.70. The fourth-order valence-electron chi connectivity index (χ4n) is 1.54. The molecule has 0 amide bonds. The quantitative estimate of drug-likeness (QED) is 0.840. The van der Waals surface area contributed by atoms with Crippen molar-refractivity contribution >= 4 is 5.82 Å². The van der Waals surface area contributed by atoms with Crippen LogP contribution in [0.1, 0.15) is 45.9 Å². The summed E-state index contributed by atoms with van der Waals surface area (Å²) in [5.41, 5.74) is 2.50. The second kappa shape index (κ2) is 6.19. The van der Waals surface area contributed by atoms with Gasteiger partial charge < -0.3 is 10.6 Å². The summed E-state index contributed by atoms with van der Waals surface area (Å²) < 4.78 is 0. The highest BCUT2D eigenvalue weighted by atomic mass is 15.0. The fourth-order valence-corrected chi connectivity index (χ4v) is 1.54. The van der Waals surface area contributed by atoms with Gasteiger partial charge in [-0.3, -0.25) is 0 Å². The molecule has 2 N–H and O–H groups in total. The van der Waals surface area contributed by atoms with Crippen LogP contribution < -0.4 is 10.6 Å². The highest BCUT2D eigenvalue weighted by Crippen LogP contribution is 2.12. The smallest absolute Gasteiger partial charge is 0.126 e. The van der Waals surface area contributed by atoms with Gasteiger partial charge in [0.05, 0.1) is 0 Å². The van der Waals surface area contributed by atoms with Gasteiger partial charge in [-0.25, -0.2) is 4.98 Å². The molecule has 0 saturated carbocycles. The standard InChI is InChI=1S/C15H27N3/c1-11(2)9-16-14-8-7-13(12(3)18-14)10-17-15(4,5)6/h7-8,11,17H,9-10H2,1-6H3,(H,16,18). The van der Waals surface area contributed by atoms with E-state index in [-0.39, 0.29) is 5.54 Å². The molecule has 0 spiro atoms. The molecule has 3 nitrogen and oxygen atoms in total.